The number of hydrogen-bond acceptors (Lipinski definition) is 3. The molecule has 5 heteroatoms. The Kier molecular flexibility index (Phi) is 2.77. The highest BCUT2D eigenvalue weighted by atomic mass is 19.3. The fraction of sp³-hybridized carbons (Fsp3) is 0.375. The van der Waals surface area contributed by atoms with E-state index in [1.807, 2.05) is 0 Å². The minimum Gasteiger partial charge on any atom is -0.505 e. The van der Waals surface area contributed by atoms with Gasteiger partial charge in [0.2, 0.25) is 0 Å². The lowest BCUT2D eigenvalue weighted by Crippen LogP contribution is -1.98. The third kappa shape index (κ3) is 1.92. The first-order valence-electron chi connectivity index (χ1n) is 3.64. The average molecular weight is 189 g/mol. The summed E-state index contributed by atoms with van der Waals surface area (Å²) in [7, 11) is 0. The van der Waals surface area contributed by atoms with Crippen LogP contribution in [0.4, 0.5) is 8.78 Å². The van der Waals surface area contributed by atoms with E-state index in [2.05, 4.69) is 4.98 Å². The lowest BCUT2D eigenvalue weighted by molar-refractivity contribution is 0.141. The SMILES string of the molecule is Cc1cc(CO)c(O)c(C(F)F)n1. The average Bonchev–Trinajstić information content (AvgIpc) is 2.08. The van der Waals surface area contributed by atoms with Gasteiger partial charge in [-0.15, -0.1) is 0 Å². The van der Waals surface area contributed by atoms with Gasteiger partial charge in [0.1, 0.15) is 11.4 Å². The Labute approximate surface area is 73.7 Å². The van der Waals surface area contributed by atoms with Crippen molar-refractivity contribution >= 4 is 0 Å². The quantitative estimate of drug-likeness (QED) is 0.741. The predicted molar refractivity (Wildman–Crippen MR) is 41.5 cm³/mol. The molecule has 0 radical (unpaired) electrons. The normalized spacial score (nSPS) is 10.8. The van der Waals surface area contributed by atoms with Crippen LogP contribution in [0.2, 0.25) is 0 Å². The van der Waals surface area contributed by atoms with E-state index in [0.717, 1.165) is 0 Å². The summed E-state index contributed by atoms with van der Waals surface area (Å²) in [6.07, 6.45) is -2.83. The third-order valence-electron chi connectivity index (χ3n) is 1.60. The molecule has 0 fully saturated rings. The number of aliphatic hydroxyl groups is 1. The molecule has 0 aliphatic carbocycles. The van der Waals surface area contributed by atoms with Gasteiger partial charge in [-0.25, -0.2) is 13.8 Å². The van der Waals surface area contributed by atoms with E-state index in [4.69, 9.17) is 5.11 Å². The molecular formula is C8H9F2NO2. The number of hydrogen-bond donors (Lipinski definition) is 2. The maximum absolute atomic E-state index is 12.2. The van der Waals surface area contributed by atoms with Crippen molar-refractivity contribution < 1.29 is 19.0 Å². The molecule has 13 heavy (non-hydrogen) atoms. The summed E-state index contributed by atoms with van der Waals surface area (Å²) >= 11 is 0. The Hall–Kier alpha value is -1.23. The van der Waals surface area contributed by atoms with Gasteiger partial charge in [-0.1, -0.05) is 0 Å². The summed E-state index contributed by atoms with van der Waals surface area (Å²) in [5.41, 5.74) is -0.260. The first kappa shape index (κ1) is 9.85. The maximum atomic E-state index is 12.2. The van der Waals surface area contributed by atoms with Crippen molar-refractivity contribution in [3.8, 4) is 5.75 Å². The summed E-state index contributed by atoms with van der Waals surface area (Å²) in [5, 5.41) is 17.9. The fourth-order valence-corrected chi connectivity index (χ4v) is 1.03. The lowest BCUT2D eigenvalue weighted by atomic mass is 10.2. The van der Waals surface area contributed by atoms with Gasteiger partial charge < -0.3 is 10.2 Å². The standard InChI is InChI=1S/C8H9F2NO2/c1-4-2-5(3-12)7(13)6(11-4)8(9)10/h2,8,12-13H,3H2,1H3. The lowest BCUT2D eigenvalue weighted by Gasteiger charge is -2.07. The number of aromatic hydroxyl groups is 1. The topological polar surface area (TPSA) is 53.4 Å². The number of pyridine rings is 1. The molecular weight excluding hydrogens is 180 g/mol. The van der Waals surface area contributed by atoms with Crippen LogP contribution in [0.3, 0.4) is 0 Å². The van der Waals surface area contributed by atoms with E-state index in [0.29, 0.717) is 5.69 Å². The molecule has 0 aliphatic heterocycles. The molecule has 0 aromatic carbocycles. The van der Waals surface area contributed by atoms with Gasteiger partial charge in [0.15, 0.2) is 0 Å². The number of rotatable bonds is 2. The monoisotopic (exact) mass is 189 g/mol. The van der Waals surface area contributed by atoms with Crippen LogP contribution in [-0.2, 0) is 6.61 Å². The van der Waals surface area contributed by atoms with E-state index >= 15 is 0 Å². The summed E-state index contributed by atoms with van der Waals surface area (Å²) in [6, 6.07) is 1.36. The number of aromatic nitrogens is 1. The molecule has 2 N–H and O–H groups in total. The molecule has 0 atom stereocenters. The Morgan fingerprint density at radius 3 is 2.62 bits per heavy atom. The third-order valence-corrected chi connectivity index (χ3v) is 1.60. The van der Waals surface area contributed by atoms with Crippen LogP contribution < -0.4 is 0 Å². The summed E-state index contributed by atoms with van der Waals surface area (Å²) in [6.45, 7) is 1.04. The van der Waals surface area contributed by atoms with Gasteiger partial charge in [-0.05, 0) is 13.0 Å². The highest BCUT2D eigenvalue weighted by molar-refractivity contribution is 5.37. The summed E-state index contributed by atoms with van der Waals surface area (Å²) < 4.78 is 24.4. The Bertz CT molecular complexity index is 315. The number of halogens is 2. The predicted octanol–water partition coefficient (Wildman–Crippen LogP) is 1.53. The second-order valence-corrected chi connectivity index (χ2v) is 2.62. The van der Waals surface area contributed by atoms with Gasteiger partial charge in [-0.2, -0.15) is 0 Å². The molecule has 1 aromatic heterocycles. The van der Waals surface area contributed by atoms with Crippen LogP contribution in [0.5, 0.6) is 5.75 Å². The number of aliphatic hydroxyl groups excluding tert-OH is 1. The minimum atomic E-state index is -2.83. The van der Waals surface area contributed by atoms with Gasteiger partial charge in [0, 0.05) is 11.3 Å². The van der Waals surface area contributed by atoms with E-state index in [1.54, 1.807) is 0 Å². The van der Waals surface area contributed by atoms with E-state index in [-0.39, 0.29) is 5.56 Å². The molecule has 1 heterocycles. The number of alkyl halides is 2. The zero-order chi connectivity index (χ0) is 10.0. The Balaban J connectivity index is 3.27. The van der Waals surface area contributed by atoms with E-state index < -0.39 is 24.5 Å². The highest BCUT2D eigenvalue weighted by Crippen LogP contribution is 2.29. The largest absolute Gasteiger partial charge is 0.505 e. The molecule has 0 bridgehead atoms. The maximum Gasteiger partial charge on any atom is 0.284 e. The highest BCUT2D eigenvalue weighted by Gasteiger charge is 2.17. The van der Waals surface area contributed by atoms with Crippen molar-refractivity contribution in [3.63, 3.8) is 0 Å². The van der Waals surface area contributed by atoms with Crippen LogP contribution in [0.15, 0.2) is 6.07 Å². The van der Waals surface area contributed by atoms with E-state index in [9.17, 15) is 13.9 Å². The zero-order valence-electron chi connectivity index (χ0n) is 6.96. The van der Waals surface area contributed by atoms with Gasteiger partial charge >= 0.3 is 0 Å². The zero-order valence-corrected chi connectivity index (χ0v) is 6.96. The van der Waals surface area contributed by atoms with Gasteiger partial charge in [0.25, 0.3) is 6.43 Å². The van der Waals surface area contributed by atoms with Crippen molar-refractivity contribution in [2.75, 3.05) is 0 Å². The van der Waals surface area contributed by atoms with Gasteiger partial charge in [-0.3, -0.25) is 0 Å². The molecule has 1 rings (SSSR count). The second-order valence-electron chi connectivity index (χ2n) is 2.62. The second kappa shape index (κ2) is 3.66. The molecule has 0 aliphatic rings. The minimum absolute atomic E-state index is 0.0720. The number of nitrogens with zero attached hydrogens (tertiary/aromatic N) is 1. The molecule has 72 valence electrons. The molecule has 0 amide bonds. The van der Waals surface area contributed by atoms with Crippen LogP contribution in [-0.4, -0.2) is 15.2 Å². The summed E-state index contributed by atoms with van der Waals surface area (Å²) in [5.74, 6) is -0.622. The number of aryl methyl sites for hydroxylation is 1. The smallest absolute Gasteiger partial charge is 0.284 e. The molecule has 0 saturated carbocycles. The van der Waals surface area contributed by atoms with Crippen LogP contribution >= 0.6 is 0 Å². The molecule has 0 saturated heterocycles. The molecule has 1 aromatic rings. The van der Waals surface area contributed by atoms with Crippen LogP contribution in [0, 0.1) is 6.92 Å². The first-order valence-corrected chi connectivity index (χ1v) is 3.64. The van der Waals surface area contributed by atoms with Crippen LogP contribution in [0.1, 0.15) is 23.4 Å². The van der Waals surface area contributed by atoms with Crippen molar-refractivity contribution in [1.82, 2.24) is 4.98 Å². The van der Waals surface area contributed by atoms with Crippen molar-refractivity contribution in [1.29, 1.82) is 0 Å². The van der Waals surface area contributed by atoms with Crippen molar-refractivity contribution in [3.05, 3.63) is 23.0 Å². The van der Waals surface area contributed by atoms with Crippen molar-refractivity contribution in [2.45, 2.75) is 20.0 Å². The van der Waals surface area contributed by atoms with Crippen molar-refractivity contribution in [2.24, 2.45) is 0 Å². The molecule has 3 nitrogen and oxygen atoms in total. The van der Waals surface area contributed by atoms with Gasteiger partial charge in [0.05, 0.1) is 6.61 Å². The molecule has 0 unspecified atom stereocenters. The van der Waals surface area contributed by atoms with E-state index in [1.165, 1.54) is 13.0 Å². The Morgan fingerprint density at radius 2 is 2.15 bits per heavy atom. The fourth-order valence-electron chi connectivity index (χ4n) is 1.03. The first-order chi connectivity index (χ1) is 6.06. The van der Waals surface area contributed by atoms with Crippen LogP contribution in [0.25, 0.3) is 0 Å². The summed E-state index contributed by atoms with van der Waals surface area (Å²) in [4.78, 5) is 3.47. The Morgan fingerprint density at radius 1 is 1.54 bits per heavy atom. The molecule has 0 spiro atoms.